The normalized spacial score (nSPS) is 18.9. The summed E-state index contributed by atoms with van der Waals surface area (Å²) >= 11 is 6.01. The Kier molecular flexibility index (Phi) is 6.74. The van der Waals surface area contributed by atoms with E-state index in [9.17, 15) is 18.8 Å². The minimum atomic E-state index is -0.495. The lowest BCUT2D eigenvalue weighted by molar-refractivity contribution is -0.137. The van der Waals surface area contributed by atoms with E-state index >= 15 is 0 Å². The van der Waals surface area contributed by atoms with E-state index in [1.165, 1.54) is 12.1 Å². The van der Waals surface area contributed by atoms with Crippen molar-refractivity contribution in [1.29, 1.82) is 0 Å². The second-order valence-corrected chi connectivity index (χ2v) is 8.63. The van der Waals surface area contributed by atoms with E-state index in [4.69, 9.17) is 11.6 Å². The van der Waals surface area contributed by atoms with Crippen LogP contribution in [0, 0.1) is 11.7 Å². The van der Waals surface area contributed by atoms with Crippen LogP contribution in [0.25, 0.3) is 0 Å². The summed E-state index contributed by atoms with van der Waals surface area (Å²) in [6.07, 6.45) is 0.998. The van der Waals surface area contributed by atoms with Gasteiger partial charge in [0.2, 0.25) is 11.8 Å². The fourth-order valence-corrected chi connectivity index (χ4v) is 4.53. The van der Waals surface area contributed by atoms with Gasteiger partial charge in [0.25, 0.3) is 5.91 Å². The Morgan fingerprint density at radius 3 is 2.38 bits per heavy atom. The van der Waals surface area contributed by atoms with Crippen LogP contribution in [0.1, 0.15) is 22.3 Å². The maximum atomic E-state index is 13.3. The van der Waals surface area contributed by atoms with E-state index in [1.54, 1.807) is 14.7 Å². The maximum absolute atomic E-state index is 13.3. The second kappa shape index (κ2) is 9.69. The van der Waals surface area contributed by atoms with Crippen LogP contribution in [0.3, 0.4) is 0 Å². The number of likely N-dealkylation sites (tertiary alicyclic amines) is 1. The monoisotopic (exact) mass is 457 g/mol. The molecule has 0 bridgehead atoms. The molecule has 3 amide bonds. The maximum Gasteiger partial charge on any atom is 0.255 e. The van der Waals surface area contributed by atoms with Crippen molar-refractivity contribution in [2.45, 2.75) is 12.8 Å². The highest BCUT2D eigenvalue weighted by molar-refractivity contribution is 6.33. The van der Waals surface area contributed by atoms with Crippen molar-refractivity contribution in [3.63, 3.8) is 0 Å². The summed E-state index contributed by atoms with van der Waals surface area (Å²) in [5.74, 6) is -1.13. The van der Waals surface area contributed by atoms with Crippen molar-refractivity contribution in [2.24, 2.45) is 5.92 Å². The third kappa shape index (κ3) is 4.93. The summed E-state index contributed by atoms with van der Waals surface area (Å²) in [5.41, 5.74) is 1.42. The van der Waals surface area contributed by atoms with Gasteiger partial charge < -0.3 is 14.7 Å². The van der Waals surface area contributed by atoms with Crippen LogP contribution in [0.5, 0.6) is 0 Å². The molecular weight excluding hydrogens is 433 g/mol. The lowest BCUT2D eigenvalue weighted by Gasteiger charge is -2.36. The molecule has 32 heavy (non-hydrogen) atoms. The minimum Gasteiger partial charge on any atom is -0.342 e. The molecule has 0 aliphatic carbocycles. The van der Waals surface area contributed by atoms with Gasteiger partial charge in [-0.2, -0.15) is 0 Å². The summed E-state index contributed by atoms with van der Waals surface area (Å²) in [4.78, 5) is 43.2. The topological polar surface area (TPSA) is 60.9 Å². The molecule has 1 atom stereocenters. The van der Waals surface area contributed by atoms with Gasteiger partial charge in [0, 0.05) is 45.7 Å². The SMILES string of the molecule is O=C1CC(C(=O)N2CCN(C(=O)c3ccc(F)cc3Cl)CC2)CN1CCc1ccccc1. The van der Waals surface area contributed by atoms with Crippen molar-refractivity contribution in [1.82, 2.24) is 14.7 Å². The number of rotatable bonds is 5. The van der Waals surface area contributed by atoms with E-state index in [1.807, 2.05) is 30.3 Å². The number of nitrogens with zero attached hydrogens (tertiary/aromatic N) is 3. The van der Waals surface area contributed by atoms with Crippen molar-refractivity contribution in [3.8, 4) is 0 Å². The summed E-state index contributed by atoms with van der Waals surface area (Å²) in [6.45, 7) is 2.59. The third-order valence-electron chi connectivity index (χ3n) is 6.12. The smallest absolute Gasteiger partial charge is 0.255 e. The van der Waals surface area contributed by atoms with E-state index in [0.29, 0.717) is 39.3 Å². The lowest BCUT2D eigenvalue weighted by Crippen LogP contribution is -2.52. The van der Waals surface area contributed by atoms with Crippen LogP contribution in [-0.2, 0) is 16.0 Å². The molecule has 2 aromatic rings. The van der Waals surface area contributed by atoms with E-state index in [2.05, 4.69) is 0 Å². The number of piperazine rings is 1. The highest BCUT2D eigenvalue weighted by atomic mass is 35.5. The Morgan fingerprint density at radius 1 is 1.00 bits per heavy atom. The molecule has 168 valence electrons. The Bertz CT molecular complexity index is 1010. The lowest BCUT2D eigenvalue weighted by atomic mass is 10.1. The number of amides is 3. The van der Waals surface area contributed by atoms with Gasteiger partial charge in [0.15, 0.2) is 0 Å². The fraction of sp³-hybridized carbons (Fsp3) is 0.375. The van der Waals surface area contributed by atoms with Crippen LogP contribution in [-0.4, -0.2) is 71.7 Å². The Balaban J connectivity index is 1.28. The molecule has 8 heteroatoms. The zero-order valence-corrected chi connectivity index (χ0v) is 18.4. The average Bonchev–Trinajstić information content (AvgIpc) is 3.18. The molecule has 0 saturated carbocycles. The zero-order valence-electron chi connectivity index (χ0n) is 17.7. The van der Waals surface area contributed by atoms with Crippen LogP contribution in [0.2, 0.25) is 5.02 Å². The van der Waals surface area contributed by atoms with Gasteiger partial charge in [0.05, 0.1) is 16.5 Å². The van der Waals surface area contributed by atoms with Crippen LogP contribution in [0.15, 0.2) is 48.5 Å². The van der Waals surface area contributed by atoms with Crippen molar-refractivity contribution in [2.75, 3.05) is 39.3 Å². The summed E-state index contributed by atoms with van der Waals surface area (Å²) in [5, 5.41) is 0.0774. The molecule has 2 aliphatic rings. The molecule has 0 radical (unpaired) electrons. The van der Waals surface area contributed by atoms with E-state index < -0.39 is 5.82 Å². The molecule has 2 heterocycles. The molecular formula is C24H25ClFN3O3. The number of halogens is 2. The van der Waals surface area contributed by atoms with E-state index in [0.717, 1.165) is 18.1 Å². The predicted octanol–water partition coefficient (Wildman–Crippen LogP) is 2.85. The molecule has 2 saturated heterocycles. The van der Waals surface area contributed by atoms with Crippen LogP contribution >= 0.6 is 11.6 Å². The van der Waals surface area contributed by atoms with Gasteiger partial charge in [-0.1, -0.05) is 41.9 Å². The first-order chi connectivity index (χ1) is 15.4. The second-order valence-electron chi connectivity index (χ2n) is 8.22. The largest absolute Gasteiger partial charge is 0.342 e. The van der Waals surface area contributed by atoms with Gasteiger partial charge in [-0.15, -0.1) is 0 Å². The molecule has 0 spiro atoms. The Hall–Kier alpha value is -2.93. The van der Waals surface area contributed by atoms with Crippen LogP contribution in [0.4, 0.5) is 4.39 Å². The quantitative estimate of drug-likeness (QED) is 0.693. The fourth-order valence-electron chi connectivity index (χ4n) is 4.28. The van der Waals surface area contributed by atoms with Gasteiger partial charge in [-0.05, 0) is 30.2 Å². The molecule has 0 aromatic heterocycles. The number of carbonyl (C=O) groups excluding carboxylic acids is 3. The molecule has 6 nitrogen and oxygen atoms in total. The summed E-state index contributed by atoms with van der Waals surface area (Å²) in [6, 6.07) is 13.7. The number of hydrogen-bond acceptors (Lipinski definition) is 3. The molecule has 1 unspecified atom stereocenters. The summed E-state index contributed by atoms with van der Waals surface area (Å²) in [7, 11) is 0. The minimum absolute atomic E-state index is 0.0130. The zero-order chi connectivity index (χ0) is 22.7. The van der Waals surface area contributed by atoms with Crippen LogP contribution < -0.4 is 0 Å². The number of benzene rings is 2. The average molecular weight is 458 g/mol. The Morgan fingerprint density at radius 2 is 1.69 bits per heavy atom. The molecule has 0 N–H and O–H groups in total. The first-order valence-corrected chi connectivity index (χ1v) is 11.1. The number of carbonyl (C=O) groups is 3. The summed E-state index contributed by atoms with van der Waals surface area (Å²) < 4.78 is 13.3. The highest BCUT2D eigenvalue weighted by Gasteiger charge is 2.37. The predicted molar refractivity (Wildman–Crippen MR) is 119 cm³/mol. The van der Waals surface area contributed by atoms with Gasteiger partial charge in [-0.25, -0.2) is 4.39 Å². The van der Waals surface area contributed by atoms with Gasteiger partial charge in [0.1, 0.15) is 5.82 Å². The third-order valence-corrected chi connectivity index (χ3v) is 6.43. The van der Waals surface area contributed by atoms with Crippen molar-refractivity contribution >= 4 is 29.3 Å². The molecule has 4 rings (SSSR count). The highest BCUT2D eigenvalue weighted by Crippen LogP contribution is 2.23. The molecule has 2 aliphatic heterocycles. The van der Waals surface area contributed by atoms with Gasteiger partial charge in [-0.3, -0.25) is 14.4 Å². The first-order valence-electron chi connectivity index (χ1n) is 10.8. The standard InChI is InChI=1S/C24H25ClFN3O3/c25-21-15-19(26)6-7-20(21)24(32)28-12-10-27(11-13-28)23(31)18-14-22(30)29(16-18)9-8-17-4-2-1-3-5-17/h1-7,15,18H,8-14,16H2. The Labute approximate surface area is 191 Å². The van der Waals surface area contributed by atoms with Crippen molar-refractivity contribution < 1.29 is 18.8 Å². The molecule has 2 aromatic carbocycles. The van der Waals surface area contributed by atoms with Crippen molar-refractivity contribution in [3.05, 3.63) is 70.5 Å². The molecule has 2 fully saturated rings. The van der Waals surface area contributed by atoms with Gasteiger partial charge >= 0.3 is 0 Å². The number of hydrogen-bond donors (Lipinski definition) is 0. The van der Waals surface area contributed by atoms with E-state index in [-0.39, 0.29) is 40.6 Å². The first kappa shape index (κ1) is 22.3.